The number of amides is 3. The highest BCUT2D eigenvalue weighted by Gasteiger charge is 2.79. The fraction of sp³-hybridized carbons (Fsp3) is 0.516. The van der Waals surface area contributed by atoms with Crippen molar-refractivity contribution in [2.24, 2.45) is 17.8 Å². The molecule has 8 nitrogen and oxygen atoms in total. The minimum absolute atomic E-state index is 0.0510. The smallest absolute Gasteiger partial charge is 0.250 e. The molecule has 5 rings (SSSR count). The number of halogens is 1. The first kappa shape index (κ1) is 28.6. The van der Waals surface area contributed by atoms with Crippen LogP contribution in [0, 0.1) is 24.7 Å². The molecule has 0 radical (unpaired) electrons. The molecule has 3 aliphatic heterocycles. The maximum absolute atomic E-state index is 14.2. The molecule has 3 saturated heterocycles. The number of ether oxygens (including phenoxy) is 1. The Labute approximate surface area is 240 Å². The molecule has 3 N–H and O–H groups in total. The SMILES string of the molecule is Cc1cccc(Cl)c1NC(=O)C1N(CCCCCCO)C(=O)[C@@H]2[C@@H](C(=O)Nc3ccccc3)[C@]3(C)OC12CC3C. The molecule has 9 heteroatoms. The molecule has 0 aromatic heterocycles. The Kier molecular flexibility index (Phi) is 7.97. The van der Waals surface area contributed by atoms with E-state index in [1.54, 1.807) is 11.0 Å². The van der Waals surface area contributed by atoms with Crippen LogP contribution in [0.15, 0.2) is 48.5 Å². The fourth-order valence-electron chi connectivity index (χ4n) is 7.15. The lowest BCUT2D eigenvalue weighted by atomic mass is 9.62. The van der Waals surface area contributed by atoms with Gasteiger partial charge in [-0.1, -0.05) is 61.7 Å². The monoisotopic (exact) mass is 567 g/mol. The van der Waals surface area contributed by atoms with Crippen molar-refractivity contribution in [2.45, 2.75) is 70.1 Å². The molecule has 3 fully saturated rings. The zero-order valence-corrected chi connectivity index (χ0v) is 24.0. The van der Waals surface area contributed by atoms with E-state index in [2.05, 4.69) is 10.6 Å². The van der Waals surface area contributed by atoms with Crippen molar-refractivity contribution in [1.29, 1.82) is 0 Å². The van der Waals surface area contributed by atoms with Crippen molar-refractivity contribution in [3.63, 3.8) is 0 Å². The summed E-state index contributed by atoms with van der Waals surface area (Å²) in [5, 5.41) is 15.6. The topological polar surface area (TPSA) is 108 Å². The average molecular weight is 568 g/mol. The highest BCUT2D eigenvalue weighted by molar-refractivity contribution is 6.34. The van der Waals surface area contributed by atoms with Crippen molar-refractivity contribution in [3.05, 3.63) is 59.1 Å². The van der Waals surface area contributed by atoms with Crippen molar-refractivity contribution in [1.82, 2.24) is 4.90 Å². The summed E-state index contributed by atoms with van der Waals surface area (Å²) in [5.41, 5.74) is -0.0591. The second-order valence-electron chi connectivity index (χ2n) is 11.6. The molecule has 2 bridgehead atoms. The van der Waals surface area contributed by atoms with Gasteiger partial charge in [0.25, 0.3) is 0 Å². The molecule has 3 heterocycles. The first-order valence-electron chi connectivity index (χ1n) is 14.2. The van der Waals surface area contributed by atoms with Gasteiger partial charge in [0.15, 0.2) is 0 Å². The molecule has 214 valence electrons. The Bertz CT molecular complexity index is 1270. The van der Waals surface area contributed by atoms with Crippen LogP contribution in [-0.2, 0) is 19.1 Å². The van der Waals surface area contributed by atoms with Gasteiger partial charge in [-0.2, -0.15) is 0 Å². The number of nitrogens with zero attached hydrogens (tertiary/aromatic N) is 1. The van der Waals surface area contributed by atoms with E-state index >= 15 is 0 Å². The van der Waals surface area contributed by atoms with Crippen LogP contribution in [0.5, 0.6) is 0 Å². The number of aliphatic hydroxyl groups is 1. The van der Waals surface area contributed by atoms with Crippen molar-refractivity contribution in [2.75, 3.05) is 23.8 Å². The molecule has 6 atom stereocenters. The van der Waals surface area contributed by atoms with Crippen LogP contribution in [0.1, 0.15) is 51.5 Å². The Hall–Kier alpha value is -2.94. The Balaban J connectivity index is 1.50. The van der Waals surface area contributed by atoms with Crippen molar-refractivity contribution in [3.8, 4) is 0 Å². The number of fused-ring (bicyclic) bond motifs is 1. The summed E-state index contributed by atoms with van der Waals surface area (Å²) < 4.78 is 6.78. The lowest BCUT2D eigenvalue weighted by Crippen LogP contribution is -2.54. The lowest BCUT2D eigenvalue weighted by molar-refractivity contribution is -0.144. The second kappa shape index (κ2) is 11.1. The maximum atomic E-state index is 14.2. The van der Waals surface area contributed by atoms with Crippen LogP contribution >= 0.6 is 11.6 Å². The summed E-state index contributed by atoms with van der Waals surface area (Å²) in [5.74, 6) is -2.43. The third kappa shape index (κ3) is 4.70. The van der Waals surface area contributed by atoms with Crippen LogP contribution < -0.4 is 10.6 Å². The number of carbonyl (C=O) groups excluding carboxylic acids is 3. The summed E-state index contributed by atoms with van der Waals surface area (Å²) in [6.45, 7) is 6.29. The number of hydrogen-bond acceptors (Lipinski definition) is 5. The van der Waals surface area contributed by atoms with E-state index < -0.39 is 29.1 Å². The zero-order valence-electron chi connectivity index (χ0n) is 23.3. The van der Waals surface area contributed by atoms with E-state index in [9.17, 15) is 14.4 Å². The third-order valence-corrected chi connectivity index (χ3v) is 9.48. The highest BCUT2D eigenvalue weighted by atomic mass is 35.5. The molecule has 2 aromatic carbocycles. The number of anilines is 2. The van der Waals surface area contributed by atoms with Crippen LogP contribution in [0.3, 0.4) is 0 Å². The van der Waals surface area contributed by atoms with Gasteiger partial charge < -0.3 is 25.4 Å². The Morgan fingerprint density at radius 2 is 1.77 bits per heavy atom. The Morgan fingerprint density at radius 3 is 2.48 bits per heavy atom. The number of benzene rings is 2. The lowest BCUT2D eigenvalue weighted by Gasteiger charge is -2.36. The van der Waals surface area contributed by atoms with Gasteiger partial charge >= 0.3 is 0 Å². The summed E-state index contributed by atoms with van der Waals surface area (Å²) in [7, 11) is 0. The number of carbonyl (C=O) groups is 3. The first-order valence-corrected chi connectivity index (χ1v) is 14.5. The molecular formula is C31H38ClN3O5. The third-order valence-electron chi connectivity index (χ3n) is 9.16. The van der Waals surface area contributed by atoms with Crippen LogP contribution in [0.2, 0.25) is 5.02 Å². The van der Waals surface area contributed by atoms with Crippen molar-refractivity contribution >= 4 is 40.7 Å². The molecule has 0 aliphatic carbocycles. The number of aliphatic hydroxyl groups excluding tert-OH is 1. The molecule has 3 unspecified atom stereocenters. The van der Waals surface area contributed by atoms with Gasteiger partial charge in [0.05, 0.1) is 28.1 Å². The molecular weight excluding hydrogens is 530 g/mol. The van der Waals surface area contributed by atoms with E-state index in [-0.39, 0.29) is 30.2 Å². The largest absolute Gasteiger partial charge is 0.396 e. The van der Waals surface area contributed by atoms with E-state index in [0.29, 0.717) is 42.2 Å². The molecule has 40 heavy (non-hydrogen) atoms. The van der Waals surface area contributed by atoms with Crippen LogP contribution in [0.25, 0.3) is 0 Å². The normalized spacial score (nSPS) is 30.4. The minimum Gasteiger partial charge on any atom is -0.396 e. The summed E-state index contributed by atoms with van der Waals surface area (Å²) in [6, 6.07) is 13.7. The average Bonchev–Trinajstić information content (AvgIpc) is 3.43. The number of nitrogens with one attached hydrogen (secondary N) is 2. The number of likely N-dealkylation sites (tertiary alicyclic amines) is 1. The van der Waals surface area contributed by atoms with Gasteiger partial charge in [0.1, 0.15) is 11.6 Å². The van der Waals surface area contributed by atoms with E-state index in [0.717, 1.165) is 18.4 Å². The molecule has 2 aromatic rings. The Morgan fingerprint density at radius 1 is 1.05 bits per heavy atom. The number of para-hydroxylation sites is 2. The molecule has 3 amide bonds. The quantitative estimate of drug-likeness (QED) is 0.358. The van der Waals surface area contributed by atoms with Gasteiger partial charge in [-0.3, -0.25) is 14.4 Å². The fourth-order valence-corrected chi connectivity index (χ4v) is 7.42. The standard InChI is InChI=1S/C31H38ClN3O5/c1-19-12-11-15-22(32)25(19)34-28(38)26-31-18-20(2)30(3,40-31)23(27(37)33-21-13-7-6-8-14-21)24(31)29(39)35(26)16-9-4-5-10-17-36/h6-8,11-15,20,23-24,26,36H,4-5,9-10,16-18H2,1-3H3,(H,33,37)(H,34,38)/t20?,23-,24-,26?,30+,31?/m0/s1. The molecule has 3 aliphatic rings. The maximum Gasteiger partial charge on any atom is 0.250 e. The minimum atomic E-state index is -1.13. The van der Waals surface area contributed by atoms with Crippen molar-refractivity contribution < 1.29 is 24.2 Å². The van der Waals surface area contributed by atoms with Gasteiger partial charge in [-0.15, -0.1) is 0 Å². The zero-order chi connectivity index (χ0) is 28.7. The number of aryl methyl sites for hydroxylation is 1. The molecule has 0 saturated carbocycles. The van der Waals surface area contributed by atoms with E-state index in [1.807, 2.05) is 63.2 Å². The highest BCUT2D eigenvalue weighted by Crippen LogP contribution is 2.65. The van der Waals surface area contributed by atoms with Gasteiger partial charge in [-0.05, 0) is 62.8 Å². The van der Waals surface area contributed by atoms with Crippen LogP contribution in [0.4, 0.5) is 11.4 Å². The predicted octanol–water partition coefficient (Wildman–Crippen LogP) is 4.79. The summed E-state index contributed by atoms with van der Waals surface area (Å²) >= 11 is 6.45. The van der Waals surface area contributed by atoms with E-state index in [4.69, 9.17) is 21.4 Å². The summed E-state index contributed by atoms with van der Waals surface area (Å²) in [4.78, 5) is 43.8. The van der Waals surface area contributed by atoms with Gasteiger partial charge in [-0.25, -0.2) is 0 Å². The number of rotatable bonds is 10. The summed E-state index contributed by atoms with van der Waals surface area (Å²) in [6.07, 6.45) is 3.51. The van der Waals surface area contributed by atoms with Crippen LogP contribution in [-0.4, -0.2) is 58.1 Å². The van der Waals surface area contributed by atoms with E-state index in [1.165, 1.54) is 0 Å². The molecule has 1 spiro atoms. The second-order valence-corrected chi connectivity index (χ2v) is 12.1. The number of hydrogen-bond donors (Lipinski definition) is 3. The van der Waals surface area contributed by atoms with Gasteiger partial charge in [0, 0.05) is 18.8 Å². The van der Waals surface area contributed by atoms with Gasteiger partial charge in [0.2, 0.25) is 17.7 Å². The number of unbranched alkanes of at least 4 members (excludes halogenated alkanes) is 3. The predicted molar refractivity (Wildman–Crippen MR) is 154 cm³/mol. The first-order chi connectivity index (χ1) is 19.1.